The number of piperazine rings is 1. The number of nitrogens with one attached hydrogen (secondary N) is 1. The van der Waals surface area contributed by atoms with Crippen LogP contribution in [0.3, 0.4) is 0 Å². The zero-order valence-electron chi connectivity index (χ0n) is 16.6. The Balaban J connectivity index is 1.52. The molecule has 28 heavy (non-hydrogen) atoms. The molecule has 0 atom stereocenters. The van der Waals surface area contributed by atoms with Crippen LogP contribution in [-0.4, -0.2) is 55.0 Å². The first-order valence-corrected chi connectivity index (χ1v) is 10.2. The van der Waals surface area contributed by atoms with Gasteiger partial charge in [0.2, 0.25) is 5.91 Å². The number of benzene rings is 2. The molecule has 0 unspecified atom stereocenters. The third-order valence-electron chi connectivity index (χ3n) is 5.39. The molecule has 0 radical (unpaired) electrons. The minimum atomic E-state index is -0.0820. The van der Waals surface area contributed by atoms with Gasteiger partial charge in [0, 0.05) is 32.7 Å². The van der Waals surface area contributed by atoms with Crippen molar-refractivity contribution in [3.63, 3.8) is 0 Å². The van der Waals surface area contributed by atoms with Crippen molar-refractivity contribution in [2.45, 2.75) is 18.9 Å². The Labute approximate surface area is 168 Å². The average Bonchev–Trinajstić information content (AvgIpc) is 2.76. The monoisotopic (exact) mass is 377 g/mol. The largest absolute Gasteiger partial charge is 0.353 e. The Hall–Kier alpha value is -2.43. The molecule has 0 bridgehead atoms. The van der Waals surface area contributed by atoms with Gasteiger partial charge in [0.1, 0.15) is 0 Å². The van der Waals surface area contributed by atoms with Crippen molar-refractivity contribution in [1.29, 1.82) is 0 Å². The van der Waals surface area contributed by atoms with Crippen LogP contribution in [0.4, 0.5) is 0 Å². The Morgan fingerprint density at radius 2 is 1.50 bits per heavy atom. The predicted molar refractivity (Wildman–Crippen MR) is 115 cm³/mol. The van der Waals surface area contributed by atoms with E-state index in [9.17, 15) is 4.79 Å². The van der Waals surface area contributed by atoms with Crippen LogP contribution in [0.5, 0.6) is 0 Å². The first-order valence-electron chi connectivity index (χ1n) is 10.2. The molecule has 1 fully saturated rings. The first-order chi connectivity index (χ1) is 13.8. The molecule has 0 spiro atoms. The molecule has 1 amide bonds. The Morgan fingerprint density at radius 3 is 2.04 bits per heavy atom. The molecule has 2 aromatic carbocycles. The van der Waals surface area contributed by atoms with Crippen LogP contribution in [0.1, 0.15) is 30.0 Å². The highest BCUT2D eigenvalue weighted by Gasteiger charge is 2.25. The summed E-state index contributed by atoms with van der Waals surface area (Å²) in [5.41, 5.74) is 2.72. The molecule has 1 heterocycles. The standard InChI is InChI=1S/C24H31N3O/c1-2-23(28)25-15-9-10-16-26-17-19-27(20-18-26)24(21-11-5-3-6-12-21)22-13-7-4-8-14-22/h2-8,11-14,24H,1,9-10,15-20H2,(H,25,28). The van der Waals surface area contributed by atoms with E-state index >= 15 is 0 Å². The fraction of sp³-hybridized carbons (Fsp3) is 0.375. The number of hydrogen-bond acceptors (Lipinski definition) is 3. The first kappa shape index (κ1) is 20.3. The zero-order chi connectivity index (χ0) is 19.6. The molecule has 1 saturated heterocycles. The number of hydrogen-bond donors (Lipinski definition) is 1. The lowest BCUT2D eigenvalue weighted by atomic mass is 9.96. The van der Waals surface area contributed by atoms with Crippen LogP contribution in [0.15, 0.2) is 73.3 Å². The minimum absolute atomic E-state index is 0.0820. The van der Waals surface area contributed by atoms with E-state index in [0.29, 0.717) is 6.04 Å². The molecular formula is C24H31N3O. The smallest absolute Gasteiger partial charge is 0.243 e. The van der Waals surface area contributed by atoms with Gasteiger partial charge in [-0.25, -0.2) is 0 Å². The lowest BCUT2D eigenvalue weighted by Gasteiger charge is -2.39. The Morgan fingerprint density at radius 1 is 0.929 bits per heavy atom. The van der Waals surface area contributed by atoms with E-state index in [2.05, 4.69) is 82.4 Å². The highest BCUT2D eigenvalue weighted by Crippen LogP contribution is 2.29. The van der Waals surface area contributed by atoms with Gasteiger partial charge in [-0.05, 0) is 36.6 Å². The van der Waals surface area contributed by atoms with Gasteiger partial charge in [0.25, 0.3) is 0 Å². The van der Waals surface area contributed by atoms with E-state index in [1.165, 1.54) is 17.2 Å². The summed E-state index contributed by atoms with van der Waals surface area (Å²) in [5.74, 6) is -0.0820. The topological polar surface area (TPSA) is 35.6 Å². The zero-order valence-corrected chi connectivity index (χ0v) is 16.6. The summed E-state index contributed by atoms with van der Waals surface area (Å²) in [6.07, 6.45) is 3.45. The van der Waals surface area contributed by atoms with E-state index < -0.39 is 0 Å². The van der Waals surface area contributed by atoms with Crippen LogP contribution in [0.25, 0.3) is 0 Å². The third-order valence-corrected chi connectivity index (χ3v) is 5.39. The van der Waals surface area contributed by atoms with Crippen molar-refractivity contribution in [2.75, 3.05) is 39.3 Å². The summed E-state index contributed by atoms with van der Waals surface area (Å²) in [4.78, 5) is 16.3. The SMILES string of the molecule is C=CC(=O)NCCCCN1CCN(C(c2ccccc2)c2ccccc2)CC1. The van der Waals surface area contributed by atoms with Gasteiger partial charge in [-0.1, -0.05) is 67.2 Å². The number of carbonyl (C=O) groups excluding carboxylic acids is 1. The van der Waals surface area contributed by atoms with Crippen molar-refractivity contribution in [3.05, 3.63) is 84.4 Å². The molecule has 1 N–H and O–H groups in total. The van der Waals surface area contributed by atoms with Crippen molar-refractivity contribution in [3.8, 4) is 0 Å². The molecule has 0 aliphatic carbocycles. The number of unbranched alkanes of at least 4 members (excludes halogenated alkanes) is 1. The van der Waals surface area contributed by atoms with Gasteiger partial charge in [-0.3, -0.25) is 9.69 Å². The van der Waals surface area contributed by atoms with E-state index in [4.69, 9.17) is 0 Å². The van der Waals surface area contributed by atoms with Gasteiger partial charge in [0.15, 0.2) is 0 Å². The van der Waals surface area contributed by atoms with E-state index in [1.807, 2.05) is 0 Å². The summed E-state index contributed by atoms with van der Waals surface area (Å²) in [5, 5.41) is 2.84. The summed E-state index contributed by atoms with van der Waals surface area (Å²) in [7, 11) is 0. The molecule has 4 nitrogen and oxygen atoms in total. The number of carbonyl (C=O) groups is 1. The van der Waals surface area contributed by atoms with Crippen LogP contribution in [0.2, 0.25) is 0 Å². The van der Waals surface area contributed by atoms with Gasteiger partial charge < -0.3 is 10.2 Å². The molecule has 0 saturated carbocycles. The fourth-order valence-corrected chi connectivity index (χ4v) is 3.87. The van der Waals surface area contributed by atoms with Crippen LogP contribution >= 0.6 is 0 Å². The highest BCUT2D eigenvalue weighted by atomic mass is 16.1. The van der Waals surface area contributed by atoms with Gasteiger partial charge in [-0.2, -0.15) is 0 Å². The molecular weight excluding hydrogens is 346 g/mol. The van der Waals surface area contributed by atoms with Crippen LogP contribution < -0.4 is 5.32 Å². The predicted octanol–water partition coefficient (Wildman–Crippen LogP) is 3.48. The lowest BCUT2D eigenvalue weighted by molar-refractivity contribution is -0.116. The number of amides is 1. The normalized spacial score (nSPS) is 15.5. The van der Waals surface area contributed by atoms with E-state index in [0.717, 1.165) is 52.1 Å². The maximum atomic E-state index is 11.2. The molecule has 1 aliphatic rings. The maximum Gasteiger partial charge on any atom is 0.243 e. The molecule has 2 aromatic rings. The van der Waals surface area contributed by atoms with E-state index in [1.54, 1.807) is 0 Å². The molecule has 0 aromatic heterocycles. The second-order valence-corrected chi connectivity index (χ2v) is 7.30. The van der Waals surface area contributed by atoms with Crippen molar-refractivity contribution in [2.24, 2.45) is 0 Å². The number of rotatable bonds is 9. The van der Waals surface area contributed by atoms with Crippen molar-refractivity contribution in [1.82, 2.24) is 15.1 Å². The Kier molecular flexibility index (Phi) is 7.82. The molecule has 3 rings (SSSR count). The molecule has 148 valence electrons. The second-order valence-electron chi connectivity index (χ2n) is 7.30. The van der Waals surface area contributed by atoms with Crippen LogP contribution in [0, 0.1) is 0 Å². The quantitative estimate of drug-likeness (QED) is 0.537. The van der Waals surface area contributed by atoms with Gasteiger partial charge >= 0.3 is 0 Å². The average molecular weight is 378 g/mol. The minimum Gasteiger partial charge on any atom is -0.353 e. The maximum absolute atomic E-state index is 11.2. The third kappa shape index (κ3) is 5.78. The van der Waals surface area contributed by atoms with E-state index in [-0.39, 0.29) is 5.91 Å². The van der Waals surface area contributed by atoms with Gasteiger partial charge in [-0.15, -0.1) is 0 Å². The highest BCUT2D eigenvalue weighted by molar-refractivity contribution is 5.86. The van der Waals surface area contributed by atoms with Crippen molar-refractivity contribution >= 4 is 5.91 Å². The Bertz CT molecular complexity index is 685. The van der Waals surface area contributed by atoms with Crippen LogP contribution in [-0.2, 0) is 4.79 Å². The molecule has 4 heteroatoms. The fourth-order valence-electron chi connectivity index (χ4n) is 3.87. The number of nitrogens with zero attached hydrogens (tertiary/aromatic N) is 2. The second kappa shape index (κ2) is 10.8. The summed E-state index contributed by atoms with van der Waals surface area (Å²) in [6, 6.07) is 22.0. The summed E-state index contributed by atoms with van der Waals surface area (Å²) in [6.45, 7) is 9.63. The molecule has 1 aliphatic heterocycles. The summed E-state index contributed by atoms with van der Waals surface area (Å²) < 4.78 is 0. The summed E-state index contributed by atoms with van der Waals surface area (Å²) >= 11 is 0. The lowest BCUT2D eigenvalue weighted by Crippen LogP contribution is -2.48. The van der Waals surface area contributed by atoms with Crippen molar-refractivity contribution < 1.29 is 4.79 Å². The van der Waals surface area contributed by atoms with Gasteiger partial charge in [0.05, 0.1) is 6.04 Å².